The van der Waals surface area contributed by atoms with Gasteiger partial charge in [0, 0.05) is 33.3 Å². The number of H-pyrrole nitrogens is 1. The fourth-order valence-corrected chi connectivity index (χ4v) is 3.07. The number of halogens is 5. The third-order valence-electron chi connectivity index (χ3n) is 4.14. The van der Waals surface area contributed by atoms with Gasteiger partial charge in [-0.25, -0.2) is 4.99 Å². The van der Waals surface area contributed by atoms with E-state index in [0.717, 1.165) is 0 Å². The van der Waals surface area contributed by atoms with Gasteiger partial charge in [0.25, 0.3) is 5.91 Å². The van der Waals surface area contributed by atoms with E-state index < -0.39 is 17.8 Å². The average Bonchev–Trinajstić information content (AvgIpc) is 3.02. The van der Waals surface area contributed by atoms with E-state index in [1.54, 1.807) is 42.5 Å². The number of aromatic amines is 1. The van der Waals surface area contributed by atoms with Crippen LogP contribution in [-0.2, 0) is 12.6 Å². The number of nitrogens with one attached hydrogen (secondary N) is 2. The van der Waals surface area contributed by atoms with Gasteiger partial charge in [0.05, 0.1) is 5.69 Å². The van der Waals surface area contributed by atoms with E-state index >= 15 is 0 Å². The molecule has 1 heterocycles. The summed E-state index contributed by atoms with van der Waals surface area (Å²) >= 11 is 11.9. The van der Waals surface area contributed by atoms with Gasteiger partial charge in [-0.1, -0.05) is 35.3 Å². The van der Waals surface area contributed by atoms with Crippen molar-refractivity contribution in [1.29, 1.82) is 0 Å². The number of hydrogen-bond acceptors (Lipinski definition) is 3. The number of aromatic nitrogens is 2. The Morgan fingerprint density at radius 1 is 1.13 bits per heavy atom. The molecule has 30 heavy (non-hydrogen) atoms. The molecule has 0 bridgehead atoms. The van der Waals surface area contributed by atoms with Crippen LogP contribution in [0.2, 0.25) is 10.0 Å². The molecule has 0 fully saturated rings. The van der Waals surface area contributed by atoms with Crippen LogP contribution in [0.25, 0.3) is 0 Å². The monoisotopic (exact) mass is 454 g/mol. The number of carbonyl (C=O) groups is 1. The van der Waals surface area contributed by atoms with Crippen LogP contribution in [0.1, 0.15) is 27.3 Å². The average molecular weight is 455 g/mol. The maximum Gasteiger partial charge on any atom is 0.435 e. The number of nitrogens with zero attached hydrogens (tertiary/aromatic N) is 2. The normalized spacial score (nSPS) is 12.1. The lowest BCUT2D eigenvalue weighted by Gasteiger charge is -2.10. The maximum absolute atomic E-state index is 13.1. The molecule has 1 amide bonds. The van der Waals surface area contributed by atoms with Crippen molar-refractivity contribution >= 4 is 40.6 Å². The van der Waals surface area contributed by atoms with Crippen molar-refractivity contribution in [2.24, 2.45) is 4.99 Å². The summed E-state index contributed by atoms with van der Waals surface area (Å²) in [5.74, 6) is -0.394. The van der Waals surface area contributed by atoms with Gasteiger partial charge < -0.3 is 5.32 Å². The molecule has 0 spiro atoms. The van der Waals surface area contributed by atoms with Crippen LogP contribution in [0, 0.1) is 6.92 Å². The SMILES string of the molecule is Cc1c(C(F)(F)F)n[nH]c1CC(=Nc1cccc(Cl)c1)NC(=O)c1cccc(Cl)c1. The summed E-state index contributed by atoms with van der Waals surface area (Å²) in [5, 5.41) is 9.16. The van der Waals surface area contributed by atoms with Crippen molar-refractivity contribution < 1.29 is 18.0 Å². The third-order valence-corrected chi connectivity index (χ3v) is 4.61. The van der Waals surface area contributed by atoms with Crippen molar-refractivity contribution in [3.8, 4) is 0 Å². The van der Waals surface area contributed by atoms with Gasteiger partial charge in [0.15, 0.2) is 5.69 Å². The highest BCUT2D eigenvalue weighted by molar-refractivity contribution is 6.31. The van der Waals surface area contributed by atoms with Gasteiger partial charge in [-0.15, -0.1) is 0 Å². The van der Waals surface area contributed by atoms with E-state index in [-0.39, 0.29) is 29.1 Å². The summed E-state index contributed by atoms with van der Waals surface area (Å²) in [5.41, 5.74) is -0.204. The number of aliphatic imine (C=N–C) groups is 1. The summed E-state index contributed by atoms with van der Waals surface area (Å²) in [7, 11) is 0. The van der Waals surface area contributed by atoms with E-state index in [0.29, 0.717) is 15.7 Å². The zero-order chi connectivity index (χ0) is 21.9. The number of hydrogen-bond donors (Lipinski definition) is 2. The molecule has 0 saturated heterocycles. The summed E-state index contributed by atoms with van der Waals surface area (Å²) in [6, 6.07) is 12.8. The molecular weight excluding hydrogens is 440 g/mol. The Hall–Kier alpha value is -2.84. The second kappa shape index (κ2) is 8.89. The molecule has 0 atom stereocenters. The third kappa shape index (κ3) is 5.40. The Morgan fingerprint density at radius 2 is 1.80 bits per heavy atom. The van der Waals surface area contributed by atoms with Crippen LogP contribution < -0.4 is 5.32 Å². The first kappa shape index (κ1) is 21.9. The van der Waals surface area contributed by atoms with Gasteiger partial charge >= 0.3 is 6.18 Å². The van der Waals surface area contributed by atoms with Crippen LogP contribution in [0.5, 0.6) is 0 Å². The molecule has 2 aromatic carbocycles. The molecule has 2 N–H and O–H groups in total. The van der Waals surface area contributed by atoms with Crippen LogP contribution in [-0.4, -0.2) is 21.9 Å². The van der Waals surface area contributed by atoms with Crippen molar-refractivity contribution in [3.63, 3.8) is 0 Å². The highest BCUT2D eigenvalue weighted by Gasteiger charge is 2.36. The van der Waals surface area contributed by atoms with Crippen LogP contribution in [0.15, 0.2) is 53.5 Å². The number of alkyl halides is 3. The number of amidine groups is 1. The minimum Gasteiger partial charge on any atom is -0.310 e. The molecule has 3 rings (SSSR count). The van der Waals surface area contributed by atoms with Crippen LogP contribution in [0.4, 0.5) is 18.9 Å². The lowest BCUT2D eigenvalue weighted by molar-refractivity contribution is -0.141. The Labute approximate surface area is 179 Å². The first-order valence-corrected chi connectivity index (χ1v) is 9.40. The number of carbonyl (C=O) groups excluding carboxylic acids is 1. The molecule has 3 aromatic rings. The van der Waals surface area contributed by atoms with Crippen molar-refractivity contribution in [2.45, 2.75) is 19.5 Å². The molecule has 0 radical (unpaired) electrons. The van der Waals surface area contributed by atoms with Crippen molar-refractivity contribution in [2.75, 3.05) is 0 Å². The minimum absolute atomic E-state index is 0.0710. The topological polar surface area (TPSA) is 70.1 Å². The summed E-state index contributed by atoms with van der Waals surface area (Å²) in [6.07, 6.45) is -4.71. The van der Waals surface area contributed by atoms with E-state index in [1.165, 1.54) is 13.0 Å². The first-order chi connectivity index (χ1) is 14.1. The predicted molar refractivity (Wildman–Crippen MR) is 109 cm³/mol. The van der Waals surface area contributed by atoms with Gasteiger partial charge in [0.1, 0.15) is 5.84 Å². The second-order valence-corrected chi connectivity index (χ2v) is 7.23. The highest BCUT2D eigenvalue weighted by Crippen LogP contribution is 2.31. The quantitative estimate of drug-likeness (QED) is 0.389. The molecule has 0 saturated carbocycles. The Bertz CT molecular complexity index is 1110. The molecule has 0 aliphatic carbocycles. The van der Waals surface area contributed by atoms with Gasteiger partial charge in [-0.3, -0.25) is 9.89 Å². The van der Waals surface area contributed by atoms with Crippen LogP contribution >= 0.6 is 23.2 Å². The molecule has 5 nitrogen and oxygen atoms in total. The van der Waals surface area contributed by atoms with Crippen molar-refractivity contribution in [3.05, 3.63) is 81.1 Å². The zero-order valence-electron chi connectivity index (χ0n) is 15.5. The Morgan fingerprint density at radius 3 is 2.40 bits per heavy atom. The Kier molecular flexibility index (Phi) is 6.48. The highest BCUT2D eigenvalue weighted by atomic mass is 35.5. The molecular formula is C20H15Cl2F3N4O. The van der Waals surface area contributed by atoms with E-state index in [1.807, 2.05) is 0 Å². The first-order valence-electron chi connectivity index (χ1n) is 8.64. The van der Waals surface area contributed by atoms with Crippen molar-refractivity contribution in [1.82, 2.24) is 15.5 Å². The minimum atomic E-state index is -4.59. The van der Waals surface area contributed by atoms with Crippen LogP contribution in [0.3, 0.4) is 0 Å². The predicted octanol–water partition coefficient (Wildman–Crippen LogP) is 5.75. The molecule has 156 valence electrons. The number of benzene rings is 2. The van der Waals surface area contributed by atoms with E-state index in [2.05, 4.69) is 20.5 Å². The lowest BCUT2D eigenvalue weighted by Crippen LogP contribution is -2.32. The van der Waals surface area contributed by atoms with Gasteiger partial charge in [-0.05, 0) is 43.3 Å². The molecule has 0 aliphatic rings. The second-order valence-electron chi connectivity index (χ2n) is 6.35. The molecule has 0 unspecified atom stereocenters. The summed E-state index contributed by atoms with van der Waals surface area (Å²) in [4.78, 5) is 17.0. The van der Waals surface area contributed by atoms with Gasteiger partial charge in [-0.2, -0.15) is 18.3 Å². The smallest absolute Gasteiger partial charge is 0.310 e. The summed E-state index contributed by atoms with van der Waals surface area (Å²) in [6.45, 7) is 1.30. The number of rotatable bonds is 4. The molecule has 10 heteroatoms. The lowest BCUT2D eigenvalue weighted by atomic mass is 10.1. The maximum atomic E-state index is 13.1. The standard InChI is InChI=1S/C20H15Cl2F3N4O/c1-11-16(28-29-18(11)20(23,24)25)10-17(26-15-7-3-6-14(22)9-15)27-19(30)12-4-2-5-13(21)8-12/h2-9H,10H2,1H3,(H,28,29)(H,26,27,30). The van der Waals surface area contributed by atoms with Gasteiger partial charge in [0.2, 0.25) is 0 Å². The zero-order valence-corrected chi connectivity index (χ0v) is 17.0. The van der Waals surface area contributed by atoms with E-state index in [4.69, 9.17) is 23.2 Å². The largest absolute Gasteiger partial charge is 0.435 e. The fourth-order valence-electron chi connectivity index (χ4n) is 2.70. The molecule has 0 aliphatic heterocycles. The van der Waals surface area contributed by atoms with E-state index in [9.17, 15) is 18.0 Å². The fraction of sp³-hybridized carbons (Fsp3) is 0.150. The molecule has 1 aromatic heterocycles. The number of amides is 1. The summed E-state index contributed by atoms with van der Waals surface area (Å²) < 4.78 is 39.2. The Balaban J connectivity index is 1.94.